The van der Waals surface area contributed by atoms with E-state index < -0.39 is 0 Å². The van der Waals surface area contributed by atoms with Crippen molar-refractivity contribution >= 4 is 18.3 Å². The van der Waals surface area contributed by atoms with Gasteiger partial charge in [-0.25, -0.2) is 0 Å². The van der Waals surface area contributed by atoms with E-state index in [1.165, 1.54) is 0 Å². The van der Waals surface area contributed by atoms with E-state index >= 15 is 0 Å². The average Bonchev–Trinajstić information content (AvgIpc) is 2.35. The lowest BCUT2D eigenvalue weighted by Gasteiger charge is -2.51. The normalized spacial score (nSPS) is 32.9. The van der Waals surface area contributed by atoms with Gasteiger partial charge in [0.15, 0.2) is 0 Å². The Labute approximate surface area is 121 Å². The van der Waals surface area contributed by atoms with Crippen LogP contribution in [0.5, 0.6) is 0 Å². The van der Waals surface area contributed by atoms with Crippen LogP contribution in [-0.4, -0.2) is 51.0 Å². The zero-order chi connectivity index (χ0) is 13.2. The van der Waals surface area contributed by atoms with E-state index in [0.717, 1.165) is 19.6 Å². The van der Waals surface area contributed by atoms with Crippen molar-refractivity contribution in [3.8, 4) is 0 Å². The molecule has 1 aliphatic carbocycles. The first-order valence-corrected chi connectivity index (χ1v) is 6.67. The number of carbonyl (C=O) groups is 1. The number of morpholine rings is 1. The smallest absolute Gasteiger partial charge is 0.221 e. The van der Waals surface area contributed by atoms with E-state index in [1.807, 2.05) is 0 Å². The van der Waals surface area contributed by atoms with Crippen LogP contribution in [0, 0.1) is 5.41 Å². The molecule has 0 aromatic carbocycles. The maximum Gasteiger partial charge on any atom is 0.221 e. The number of hydrogen-bond acceptors (Lipinski definition) is 4. The van der Waals surface area contributed by atoms with Crippen LogP contribution in [0.1, 0.15) is 26.7 Å². The van der Waals surface area contributed by atoms with Crippen molar-refractivity contribution in [3.63, 3.8) is 0 Å². The van der Waals surface area contributed by atoms with Crippen molar-refractivity contribution in [2.45, 2.75) is 44.9 Å². The molecule has 1 heterocycles. The topological polar surface area (TPSA) is 59.6 Å². The Bertz CT molecular complexity index is 306. The third-order valence-electron chi connectivity index (χ3n) is 4.23. The molecule has 3 atom stereocenters. The van der Waals surface area contributed by atoms with Crippen LogP contribution in [0.25, 0.3) is 0 Å². The highest BCUT2D eigenvalue weighted by atomic mass is 35.5. The number of carbonyl (C=O) groups excluding carboxylic acids is 1. The Hall–Kier alpha value is -0.360. The molecule has 1 amide bonds. The van der Waals surface area contributed by atoms with Crippen molar-refractivity contribution in [3.05, 3.63) is 0 Å². The van der Waals surface area contributed by atoms with E-state index in [2.05, 4.69) is 24.5 Å². The first-order valence-electron chi connectivity index (χ1n) is 6.67. The molecule has 1 saturated heterocycles. The molecule has 0 bridgehead atoms. The molecule has 2 rings (SSSR count). The van der Waals surface area contributed by atoms with Crippen LogP contribution in [0.2, 0.25) is 0 Å². The van der Waals surface area contributed by atoms with Gasteiger partial charge in [0.2, 0.25) is 5.91 Å². The summed E-state index contributed by atoms with van der Waals surface area (Å²) in [5.74, 6) is 0.102. The summed E-state index contributed by atoms with van der Waals surface area (Å²) >= 11 is 0. The molecule has 0 radical (unpaired) electrons. The van der Waals surface area contributed by atoms with Crippen molar-refractivity contribution in [1.82, 2.24) is 10.6 Å². The summed E-state index contributed by atoms with van der Waals surface area (Å²) in [7, 11) is 1.73. The van der Waals surface area contributed by atoms with Crippen LogP contribution < -0.4 is 10.6 Å². The Morgan fingerprint density at radius 2 is 2.26 bits per heavy atom. The fourth-order valence-electron chi connectivity index (χ4n) is 2.76. The summed E-state index contributed by atoms with van der Waals surface area (Å²) in [6, 6.07) is 0.375. The third-order valence-corrected chi connectivity index (χ3v) is 4.23. The maximum atomic E-state index is 11.9. The molecule has 0 aromatic heterocycles. The van der Waals surface area contributed by atoms with E-state index in [9.17, 15) is 4.79 Å². The van der Waals surface area contributed by atoms with Gasteiger partial charge in [0.1, 0.15) is 0 Å². The van der Waals surface area contributed by atoms with Gasteiger partial charge in [-0.15, -0.1) is 12.4 Å². The van der Waals surface area contributed by atoms with Crippen molar-refractivity contribution in [2.24, 2.45) is 5.41 Å². The first kappa shape index (κ1) is 16.7. The van der Waals surface area contributed by atoms with Crippen LogP contribution in [0.4, 0.5) is 0 Å². The molecule has 0 aromatic rings. The predicted molar refractivity (Wildman–Crippen MR) is 75.6 cm³/mol. The highest BCUT2D eigenvalue weighted by Gasteiger charge is 2.49. The molecule has 19 heavy (non-hydrogen) atoms. The van der Waals surface area contributed by atoms with Gasteiger partial charge in [0.05, 0.1) is 19.3 Å². The zero-order valence-corrected chi connectivity index (χ0v) is 12.7. The average molecular weight is 293 g/mol. The molecule has 2 aliphatic rings. The third kappa shape index (κ3) is 3.81. The largest absolute Gasteiger partial charge is 0.381 e. The fourth-order valence-corrected chi connectivity index (χ4v) is 2.76. The highest BCUT2D eigenvalue weighted by molar-refractivity contribution is 5.85. The fraction of sp³-hybridized carbons (Fsp3) is 0.923. The van der Waals surface area contributed by atoms with Gasteiger partial charge in [-0.05, 0) is 6.42 Å². The van der Waals surface area contributed by atoms with E-state index in [-0.39, 0.29) is 41.9 Å². The van der Waals surface area contributed by atoms with Crippen LogP contribution >= 0.6 is 12.4 Å². The summed E-state index contributed by atoms with van der Waals surface area (Å²) in [4.78, 5) is 11.9. The van der Waals surface area contributed by atoms with Gasteiger partial charge in [0, 0.05) is 37.6 Å². The molecule has 5 nitrogen and oxygen atoms in total. The molecule has 2 fully saturated rings. The number of amides is 1. The predicted octanol–water partition coefficient (Wildman–Crippen LogP) is 0.716. The SMILES string of the molecule is COC1CC(NC(=O)CC2COCCN2)C1(C)C.Cl. The molecule has 1 aliphatic heterocycles. The van der Waals surface area contributed by atoms with Gasteiger partial charge in [-0.2, -0.15) is 0 Å². The molecule has 1 saturated carbocycles. The highest BCUT2D eigenvalue weighted by Crippen LogP contribution is 2.42. The summed E-state index contributed by atoms with van der Waals surface area (Å²) < 4.78 is 10.7. The molecule has 2 N–H and O–H groups in total. The van der Waals surface area contributed by atoms with Gasteiger partial charge >= 0.3 is 0 Å². The minimum atomic E-state index is 0. The summed E-state index contributed by atoms with van der Waals surface area (Å²) in [6.45, 7) is 6.47. The Morgan fingerprint density at radius 3 is 2.79 bits per heavy atom. The second-order valence-electron chi connectivity index (χ2n) is 5.83. The number of ether oxygens (including phenoxy) is 2. The lowest BCUT2D eigenvalue weighted by molar-refractivity contribution is -0.133. The van der Waals surface area contributed by atoms with Crippen molar-refractivity contribution < 1.29 is 14.3 Å². The standard InChI is InChI=1S/C13H24N2O3.ClH/c1-13(2)10(7-11(13)17-3)15-12(16)6-9-8-18-5-4-14-9;/h9-11,14H,4-8H2,1-3H3,(H,15,16);1H. The maximum absolute atomic E-state index is 11.9. The monoisotopic (exact) mass is 292 g/mol. The zero-order valence-electron chi connectivity index (χ0n) is 11.9. The molecular formula is C13H25ClN2O3. The number of halogens is 1. The van der Waals surface area contributed by atoms with E-state index in [0.29, 0.717) is 13.0 Å². The number of rotatable bonds is 4. The van der Waals surface area contributed by atoms with E-state index in [4.69, 9.17) is 9.47 Å². The first-order chi connectivity index (χ1) is 8.54. The quantitative estimate of drug-likeness (QED) is 0.801. The lowest BCUT2D eigenvalue weighted by Crippen LogP contribution is -2.62. The summed E-state index contributed by atoms with van der Waals surface area (Å²) in [6.07, 6.45) is 1.65. The van der Waals surface area contributed by atoms with E-state index in [1.54, 1.807) is 7.11 Å². The number of methoxy groups -OCH3 is 1. The van der Waals surface area contributed by atoms with Crippen LogP contribution in [0.15, 0.2) is 0 Å². The van der Waals surface area contributed by atoms with Crippen molar-refractivity contribution in [1.29, 1.82) is 0 Å². The molecule has 6 heteroatoms. The van der Waals surface area contributed by atoms with Gasteiger partial charge in [-0.1, -0.05) is 13.8 Å². The Morgan fingerprint density at radius 1 is 1.53 bits per heavy atom. The number of nitrogens with one attached hydrogen (secondary N) is 2. The van der Waals surface area contributed by atoms with Crippen molar-refractivity contribution in [2.75, 3.05) is 26.9 Å². The molecule has 3 unspecified atom stereocenters. The van der Waals surface area contributed by atoms with Gasteiger partial charge in [0.25, 0.3) is 0 Å². The second-order valence-corrected chi connectivity index (χ2v) is 5.83. The van der Waals surface area contributed by atoms with Gasteiger partial charge < -0.3 is 20.1 Å². The molecular weight excluding hydrogens is 268 g/mol. The molecule has 112 valence electrons. The lowest BCUT2D eigenvalue weighted by atomic mass is 9.64. The Kier molecular flexibility index (Phi) is 6.05. The summed E-state index contributed by atoms with van der Waals surface area (Å²) in [5.41, 5.74) is 0.0287. The second kappa shape index (κ2) is 6.88. The Balaban J connectivity index is 0.00000180. The molecule has 0 spiro atoms. The number of hydrogen-bond donors (Lipinski definition) is 2. The van der Waals surface area contributed by atoms with Gasteiger partial charge in [-0.3, -0.25) is 4.79 Å². The van der Waals surface area contributed by atoms with Crippen LogP contribution in [-0.2, 0) is 14.3 Å². The van der Waals surface area contributed by atoms with Crippen LogP contribution in [0.3, 0.4) is 0 Å². The summed E-state index contributed by atoms with van der Waals surface area (Å²) in [5, 5.41) is 6.39. The minimum absolute atomic E-state index is 0. The minimum Gasteiger partial charge on any atom is -0.381 e.